The van der Waals surface area contributed by atoms with E-state index in [4.69, 9.17) is 11.5 Å². The number of aryl methyl sites for hydroxylation is 3. The molecule has 1 atom stereocenters. The van der Waals surface area contributed by atoms with Crippen LogP contribution < -0.4 is 11.5 Å². The summed E-state index contributed by atoms with van der Waals surface area (Å²) in [6.07, 6.45) is 1.36. The van der Waals surface area contributed by atoms with Crippen LogP contribution in [0.2, 0.25) is 0 Å². The maximum Gasteiger partial charge on any atom is 0.237 e. The van der Waals surface area contributed by atoms with Crippen molar-refractivity contribution in [3.05, 3.63) is 17.5 Å². The number of carbonyl (C=O) groups excluding carboxylic acids is 1. The van der Waals surface area contributed by atoms with Crippen molar-refractivity contribution < 1.29 is 4.79 Å². The number of primary amides is 1. The second-order valence-corrected chi connectivity index (χ2v) is 4.54. The minimum atomic E-state index is -0.921. The van der Waals surface area contributed by atoms with E-state index in [-0.39, 0.29) is 0 Å². The maximum atomic E-state index is 11.0. The van der Waals surface area contributed by atoms with Crippen LogP contribution in [-0.4, -0.2) is 21.2 Å². The molecule has 1 amide bonds. The van der Waals surface area contributed by atoms with Crippen molar-refractivity contribution >= 4 is 5.91 Å². The highest BCUT2D eigenvalue weighted by Gasteiger charge is 2.24. The van der Waals surface area contributed by atoms with E-state index in [0.717, 1.165) is 24.4 Å². The van der Waals surface area contributed by atoms with E-state index in [1.54, 1.807) is 6.92 Å². The normalized spacial score (nSPS) is 14.8. The minimum absolute atomic E-state index is 0.458. The van der Waals surface area contributed by atoms with Crippen LogP contribution in [0.1, 0.15) is 31.2 Å². The van der Waals surface area contributed by atoms with Crippen LogP contribution in [0.3, 0.4) is 0 Å². The molecule has 1 unspecified atom stereocenters. The van der Waals surface area contributed by atoms with Gasteiger partial charge in [-0.2, -0.15) is 5.10 Å². The number of hydrogen-bond donors (Lipinski definition) is 2. The van der Waals surface area contributed by atoms with Crippen LogP contribution in [0.4, 0.5) is 0 Å². The van der Waals surface area contributed by atoms with Crippen molar-refractivity contribution in [3.8, 4) is 0 Å². The quantitative estimate of drug-likeness (QED) is 0.762. The van der Waals surface area contributed by atoms with Crippen molar-refractivity contribution in [2.24, 2.45) is 11.5 Å². The first-order chi connectivity index (χ1) is 7.33. The molecule has 0 aromatic carbocycles. The van der Waals surface area contributed by atoms with Crippen molar-refractivity contribution in [1.82, 2.24) is 9.78 Å². The number of nitrogens with zero attached hydrogens (tertiary/aromatic N) is 2. The number of amides is 1. The van der Waals surface area contributed by atoms with Crippen LogP contribution in [-0.2, 0) is 11.3 Å². The Labute approximate surface area is 95.8 Å². The molecule has 0 saturated heterocycles. The second kappa shape index (κ2) is 4.65. The van der Waals surface area contributed by atoms with Crippen LogP contribution >= 0.6 is 0 Å². The molecular formula is C11H20N4O. The molecule has 0 radical (unpaired) electrons. The Kier molecular flexibility index (Phi) is 3.70. The fourth-order valence-corrected chi connectivity index (χ4v) is 1.62. The Morgan fingerprint density at radius 1 is 1.56 bits per heavy atom. The second-order valence-electron chi connectivity index (χ2n) is 4.54. The average molecular weight is 224 g/mol. The summed E-state index contributed by atoms with van der Waals surface area (Å²) in [5.74, 6) is -0.458. The average Bonchev–Trinajstić information content (AvgIpc) is 2.44. The van der Waals surface area contributed by atoms with Gasteiger partial charge in [0.05, 0.1) is 11.2 Å². The largest absolute Gasteiger partial charge is 0.368 e. The molecule has 1 heterocycles. The molecule has 0 saturated carbocycles. The molecule has 5 nitrogen and oxygen atoms in total. The Hall–Kier alpha value is -1.36. The van der Waals surface area contributed by atoms with Crippen molar-refractivity contribution in [2.75, 3.05) is 0 Å². The molecule has 4 N–H and O–H groups in total. The van der Waals surface area contributed by atoms with E-state index in [9.17, 15) is 4.79 Å². The van der Waals surface area contributed by atoms with Crippen LogP contribution in [0.15, 0.2) is 6.07 Å². The lowest BCUT2D eigenvalue weighted by molar-refractivity contribution is -0.122. The molecule has 1 aromatic heterocycles. The van der Waals surface area contributed by atoms with Gasteiger partial charge in [-0.1, -0.05) is 0 Å². The Morgan fingerprint density at radius 2 is 2.19 bits per heavy atom. The highest BCUT2D eigenvalue weighted by atomic mass is 16.1. The number of nitrogens with two attached hydrogens (primary N) is 2. The molecule has 1 aromatic rings. The Bertz CT molecular complexity index is 381. The predicted octanol–water partition coefficient (Wildman–Crippen LogP) is 0.483. The zero-order valence-corrected chi connectivity index (χ0v) is 10.2. The van der Waals surface area contributed by atoms with Crippen molar-refractivity contribution in [2.45, 2.75) is 45.7 Å². The number of rotatable bonds is 5. The van der Waals surface area contributed by atoms with Crippen LogP contribution in [0.5, 0.6) is 0 Å². The summed E-state index contributed by atoms with van der Waals surface area (Å²) < 4.78 is 1.92. The molecule has 0 bridgehead atoms. The van der Waals surface area contributed by atoms with Gasteiger partial charge in [-0.15, -0.1) is 0 Å². The van der Waals surface area contributed by atoms with E-state index in [1.807, 2.05) is 24.6 Å². The molecule has 0 spiro atoms. The Balaban J connectivity index is 2.48. The summed E-state index contributed by atoms with van der Waals surface area (Å²) in [6, 6.07) is 2.02. The summed E-state index contributed by atoms with van der Waals surface area (Å²) >= 11 is 0. The predicted molar refractivity (Wildman–Crippen MR) is 62.7 cm³/mol. The first-order valence-corrected chi connectivity index (χ1v) is 5.43. The van der Waals surface area contributed by atoms with Gasteiger partial charge in [0.15, 0.2) is 0 Å². The van der Waals surface area contributed by atoms with Crippen molar-refractivity contribution in [3.63, 3.8) is 0 Å². The van der Waals surface area contributed by atoms with Crippen molar-refractivity contribution in [1.29, 1.82) is 0 Å². The molecule has 5 heteroatoms. The van der Waals surface area contributed by atoms with Crippen LogP contribution in [0.25, 0.3) is 0 Å². The van der Waals surface area contributed by atoms with Gasteiger partial charge in [-0.05, 0) is 39.7 Å². The highest BCUT2D eigenvalue weighted by molar-refractivity contribution is 5.83. The standard InChI is InChI=1S/C11H20N4O/c1-8-7-9(2)15(14-8)6-4-5-11(3,13)10(12)16/h7H,4-6,13H2,1-3H3,(H2,12,16). The fraction of sp³-hybridized carbons (Fsp3) is 0.636. The lowest BCUT2D eigenvalue weighted by Gasteiger charge is -2.20. The van der Waals surface area contributed by atoms with Gasteiger partial charge in [0, 0.05) is 12.2 Å². The molecule has 0 aliphatic heterocycles. The van der Waals surface area contributed by atoms with Gasteiger partial charge < -0.3 is 11.5 Å². The third kappa shape index (κ3) is 3.06. The number of carbonyl (C=O) groups is 1. The lowest BCUT2D eigenvalue weighted by atomic mass is 9.96. The molecule has 16 heavy (non-hydrogen) atoms. The molecule has 0 aliphatic carbocycles. The van der Waals surface area contributed by atoms with E-state index in [1.165, 1.54) is 0 Å². The smallest absolute Gasteiger partial charge is 0.237 e. The van der Waals surface area contributed by atoms with Gasteiger partial charge in [-0.3, -0.25) is 9.48 Å². The topological polar surface area (TPSA) is 86.9 Å². The maximum absolute atomic E-state index is 11.0. The van der Waals surface area contributed by atoms with Gasteiger partial charge in [-0.25, -0.2) is 0 Å². The monoisotopic (exact) mass is 224 g/mol. The summed E-state index contributed by atoms with van der Waals surface area (Å²) in [5.41, 5.74) is 12.2. The first kappa shape index (κ1) is 12.7. The molecule has 0 aliphatic rings. The van der Waals surface area contributed by atoms with E-state index in [2.05, 4.69) is 5.10 Å². The summed E-state index contributed by atoms with van der Waals surface area (Å²) in [7, 11) is 0. The fourth-order valence-electron chi connectivity index (χ4n) is 1.62. The van der Waals surface area contributed by atoms with E-state index >= 15 is 0 Å². The SMILES string of the molecule is Cc1cc(C)n(CCCC(C)(N)C(N)=O)n1. The van der Waals surface area contributed by atoms with Gasteiger partial charge in [0.2, 0.25) is 5.91 Å². The zero-order chi connectivity index (χ0) is 12.3. The summed E-state index contributed by atoms with van der Waals surface area (Å²) in [6.45, 7) is 6.39. The van der Waals surface area contributed by atoms with E-state index < -0.39 is 11.4 Å². The van der Waals surface area contributed by atoms with Crippen LogP contribution in [0, 0.1) is 13.8 Å². The first-order valence-electron chi connectivity index (χ1n) is 5.43. The third-order valence-corrected chi connectivity index (χ3v) is 2.73. The van der Waals surface area contributed by atoms with E-state index in [0.29, 0.717) is 6.42 Å². The third-order valence-electron chi connectivity index (χ3n) is 2.73. The lowest BCUT2D eigenvalue weighted by Crippen LogP contribution is -2.49. The molecule has 0 fully saturated rings. The summed E-state index contributed by atoms with van der Waals surface area (Å²) in [5, 5.41) is 4.33. The minimum Gasteiger partial charge on any atom is -0.368 e. The highest BCUT2D eigenvalue weighted by Crippen LogP contribution is 2.10. The molecular weight excluding hydrogens is 204 g/mol. The molecule has 90 valence electrons. The van der Waals surface area contributed by atoms with Gasteiger partial charge in [0.25, 0.3) is 0 Å². The molecule has 1 rings (SSSR count). The van der Waals surface area contributed by atoms with Gasteiger partial charge in [0.1, 0.15) is 0 Å². The van der Waals surface area contributed by atoms with Gasteiger partial charge >= 0.3 is 0 Å². The number of hydrogen-bond acceptors (Lipinski definition) is 3. The Morgan fingerprint density at radius 3 is 2.62 bits per heavy atom. The number of aromatic nitrogens is 2. The summed E-state index contributed by atoms with van der Waals surface area (Å²) in [4.78, 5) is 11.0. The zero-order valence-electron chi connectivity index (χ0n) is 10.2.